The van der Waals surface area contributed by atoms with Crippen molar-refractivity contribution in [1.82, 2.24) is 4.90 Å². The number of aliphatic hydroxyl groups excluding tert-OH is 1. The van der Waals surface area contributed by atoms with Gasteiger partial charge in [0.25, 0.3) is 5.91 Å². The molecule has 0 bridgehead atoms. The lowest BCUT2D eigenvalue weighted by atomic mass is 10.0. The molecule has 0 atom stereocenters. The zero-order chi connectivity index (χ0) is 15.0. The molecule has 1 fully saturated rings. The Hall–Kier alpha value is -2.27. The first-order valence-electron chi connectivity index (χ1n) is 6.57. The van der Waals surface area contributed by atoms with Crippen molar-refractivity contribution in [1.29, 1.82) is 0 Å². The number of β-amino-alcohol motifs (C(OH)–C–C–N with tert-alkyl or cyclic N) is 1. The predicted molar refractivity (Wildman–Crippen MR) is 73.7 cm³/mol. The highest BCUT2D eigenvalue weighted by molar-refractivity contribution is 5.95. The Morgan fingerprint density at radius 2 is 1.62 bits per heavy atom. The molecule has 3 nitrogen and oxygen atoms in total. The smallest absolute Gasteiger partial charge is 0.254 e. The third kappa shape index (κ3) is 2.64. The monoisotopic (exact) mass is 289 g/mol. The molecule has 0 spiro atoms. The van der Waals surface area contributed by atoms with Gasteiger partial charge in [-0.05, 0) is 35.4 Å². The van der Waals surface area contributed by atoms with Crippen LogP contribution in [0.2, 0.25) is 0 Å². The number of likely N-dealkylation sites (tertiary alicyclic amines) is 1. The fourth-order valence-corrected chi connectivity index (χ4v) is 2.28. The van der Waals surface area contributed by atoms with Gasteiger partial charge in [0.05, 0.1) is 6.10 Å². The van der Waals surface area contributed by atoms with Crippen LogP contribution in [0.25, 0.3) is 11.1 Å². The summed E-state index contributed by atoms with van der Waals surface area (Å²) in [5.41, 5.74) is 1.76. The molecule has 1 aliphatic heterocycles. The first-order valence-corrected chi connectivity index (χ1v) is 6.57. The van der Waals surface area contributed by atoms with E-state index in [0.717, 1.165) is 12.1 Å². The molecule has 1 N–H and O–H groups in total. The maximum absolute atomic E-state index is 13.2. The summed E-state index contributed by atoms with van der Waals surface area (Å²) in [5, 5.41) is 9.20. The highest BCUT2D eigenvalue weighted by atomic mass is 19.2. The van der Waals surface area contributed by atoms with E-state index in [4.69, 9.17) is 0 Å². The summed E-state index contributed by atoms with van der Waals surface area (Å²) in [6.07, 6.45) is -0.435. The van der Waals surface area contributed by atoms with Gasteiger partial charge in [-0.2, -0.15) is 0 Å². The summed E-state index contributed by atoms with van der Waals surface area (Å²) in [6, 6.07) is 10.4. The van der Waals surface area contributed by atoms with E-state index in [1.165, 1.54) is 6.07 Å². The van der Waals surface area contributed by atoms with Crippen LogP contribution in [0.15, 0.2) is 42.5 Å². The second kappa shape index (κ2) is 5.26. The maximum Gasteiger partial charge on any atom is 0.254 e. The fourth-order valence-electron chi connectivity index (χ4n) is 2.28. The Morgan fingerprint density at radius 1 is 1.00 bits per heavy atom. The van der Waals surface area contributed by atoms with Crippen molar-refractivity contribution in [3.8, 4) is 11.1 Å². The van der Waals surface area contributed by atoms with Crippen molar-refractivity contribution in [3.05, 3.63) is 59.7 Å². The van der Waals surface area contributed by atoms with Crippen LogP contribution in [-0.2, 0) is 0 Å². The molecule has 2 aromatic rings. The highest BCUT2D eigenvalue weighted by Gasteiger charge is 2.29. The van der Waals surface area contributed by atoms with E-state index < -0.39 is 17.7 Å². The Kier molecular flexibility index (Phi) is 3.43. The molecule has 3 rings (SSSR count). The summed E-state index contributed by atoms with van der Waals surface area (Å²) in [6.45, 7) is 0.702. The zero-order valence-corrected chi connectivity index (χ0v) is 11.1. The summed E-state index contributed by atoms with van der Waals surface area (Å²) in [5.74, 6) is -1.93. The number of nitrogens with zero attached hydrogens (tertiary/aromatic N) is 1. The quantitative estimate of drug-likeness (QED) is 0.922. The first kappa shape index (κ1) is 13.7. The number of hydrogen-bond donors (Lipinski definition) is 1. The molecule has 21 heavy (non-hydrogen) atoms. The van der Waals surface area contributed by atoms with E-state index in [1.807, 2.05) is 0 Å². The molecule has 1 saturated heterocycles. The highest BCUT2D eigenvalue weighted by Crippen LogP contribution is 2.23. The topological polar surface area (TPSA) is 40.5 Å². The van der Waals surface area contributed by atoms with Crippen LogP contribution in [0, 0.1) is 11.6 Å². The number of rotatable bonds is 2. The fraction of sp³-hybridized carbons (Fsp3) is 0.188. The van der Waals surface area contributed by atoms with Gasteiger partial charge in [0.1, 0.15) is 0 Å². The molecule has 1 amide bonds. The van der Waals surface area contributed by atoms with Gasteiger partial charge in [-0.25, -0.2) is 8.78 Å². The van der Waals surface area contributed by atoms with Gasteiger partial charge < -0.3 is 10.0 Å². The molecule has 5 heteroatoms. The summed E-state index contributed by atoms with van der Waals surface area (Å²) in [7, 11) is 0. The molecular formula is C16H13F2NO2. The number of halogens is 2. The predicted octanol–water partition coefficient (Wildman–Crippen LogP) is 2.45. The van der Waals surface area contributed by atoms with Crippen LogP contribution < -0.4 is 0 Å². The Morgan fingerprint density at radius 3 is 2.19 bits per heavy atom. The van der Waals surface area contributed by atoms with Crippen LogP contribution in [0.3, 0.4) is 0 Å². The van der Waals surface area contributed by atoms with E-state index in [0.29, 0.717) is 29.8 Å². The molecule has 108 valence electrons. The molecule has 0 unspecified atom stereocenters. The Labute approximate surface area is 120 Å². The van der Waals surface area contributed by atoms with Gasteiger partial charge in [-0.15, -0.1) is 0 Å². The van der Waals surface area contributed by atoms with Gasteiger partial charge in [-0.3, -0.25) is 4.79 Å². The van der Waals surface area contributed by atoms with E-state index in [9.17, 15) is 18.7 Å². The van der Waals surface area contributed by atoms with Gasteiger partial charge in [0, 0.05) is 18.7 Å². The van der Waals surface area contributed by atoms with Crippen molar-refractivity contribution in [2.24, 2.45) is 0 Å². The third-order valence-corrected chi connectivity index (χ3v) is 3.53. The summed E-state index contributed by atoms with van der Waals surface area (Å²) >= 11 is 0. The second-order valence-corrected chi connectivity index (χ2v) is 5.07. The van der Waals surface area contributed by atoms with E-state index in [-0.39, 0.29) is 5.91 Å². The second-order valence-electron chi connectivity index (χ2n) is 5.07. The standard InChI is InChI=1S/C16H13F2NO2/c17-14-6-5-12(7-15(14)18)10-1-3-11(4-2-10)16(21)19-8-13(20)9-19/h1-7,13,20H,8-9H2. The van der Waals surface area contributed by atoms with E-state index in [2.05, 4.69) is 0 Å². The lowest BCUT2D eigenvalue weighted by Crippen LogP contribution is -2.53. The SMILES string of the molecule is O=C(c1ccc(-c2ccc(F)c(F)c2)cc1)N1CC(O)C1. The molecule has 0 aromatic heterocycles. The largest absolute Gasteiger partial charge is 0.389 e. The van der Waals surface area contributed by atoms with Crippen molar-refractivity contribution >= 4 is 5.91 Å². The summed E-state index contributed by atoms with van der Waals surface area (Å²) < 4.78 is 26.1. The number of carbonyl (C=O) groups is 1. The van der Waals surface area contributed by atoms with Gasteiger partial charge >= 0.3 is 0 Å². The minimum Gasteiger partial charge on any atom is -0.389 e. The molecule has 0 saturated carbocycles. The average Bonchev–Trinajstić information content (AvgIpc) is 2.46. The van der Waals surface area contributed by atoms with Crippen LogP contribution in [0.4, 0.5) is 8.78 Å². The van der Waals surface area contributed by atoms with Gasteiger partial charge in [-0.1, -0.05) is 18.2 Å². The minimum absolute atomic E-state index is 0.142. The molecule has 1 heterocycles. The number of hydrogen-bond acceptors (Lipinski definition) is 2. The number of amides is 1. The molecule has 0 aliphatic carbocycles. The van der Waals surface area contributed by atoms with Crippen molar-refractivity contribution in [2.75, 3.05) is 13.1 Å². The van der Waals surface area contributed by atoms with Crippen LogP contribution in [0.5, 0.6) is 0 Å². The molecular weight excluding hydrogens is 276 g/mol. The Bertz CT molecular complexity index is 679. The maximum atomic E-state index is 13.2. The van der Waals surface area contributed by atoms with E-state index >= 15 is 0 Å². The number of aliphatic hydroxyl groups is 1. The zero-order valence-electron chi connectivity index (χ0n) is 11.1. The Balaban J connectivity index is 1.80. The lowest BCUT2D eigenvalue weighted by molar-refractivity contribution is 0.00590. The molecule has 0 radical (unpaired) electrons. The third-order valence-electron chi connectivity index (χ3n) is 3.53. The normalized spacial score (nSPS) is 14.9. The van der Waals surface area contributed by atoms with Crippen molar-refractivity contribution in [3.63, 3.8) is 0 Å². The van der Waals surface area contributed by atoms with Crippen LogP contribution in [-0.4, -0.2) is 35.1 Å². The lowest BCUT2D eigenvalue weighted by Gasteiger charge is -2.35. The minimum atomic E-state index is -0.901. The molecule has 1 aliphatic rings. The number of carbonyl (C=O) groups excluding carboxylic acids is 1. The van der Waals surface area contributed by atoms with Crippen molar-refractivity contribution < 1.29 is 18.7 Å². The summed E-state index contributed by atoms with van der Waals surface area (Å²) in [4.78, 5) is 13.6. The molecule has 2 aromatic carbocycles. The van der Waals surface area contributed by atoms with E-state index in [1.54, 1.807) is 29.2 Å². The first-order chi connectivity index (χ1) is 10.0. The van der Waals surface area contributed by atoms with Crippen LogP contribution >= 0.6 is 0 Å². The number of benzene rings is 2. The van der Waals surface area contributed by atoms with Crippen LogP contribution in [0.1, 0.15) is 10.4 Å². The van der Waals surface area contributed by atoms with Crippen molar-refractivity contribution in [2.45, 2.75) is 6.10 Å². The van der Waals surface area contributed by atoms with Gasteiger partial charge in [0.15, 0.2) is 11.6 Å². The average molecular weight is 289 g/mol. The van der Waals surface area contributed by atoms with Gasteiger partial charge in [0.2, 0.25) is 0 Å².